The Morgan fingerprint density at radius 1 is 1.14 bits per heavy atom. The van der Waals surface area contributed by atoms with E-state index in [1.54, 1.807) is 19.1 Å². The molecule has 0 radical (unpaired) electrons. The van der Waals surface area contributed by atoms with Gasteiger partial charge >= 0.3 is 0 Å². The maximum absolute atomic E-state index is 12.5. The Hall–Kier alpha value is -1.37. The quantitative estimate of drug-likeness (QED) is 0.877. The highest BCUT2D eigenvalue weighted by molar-refractivity contribution is 9.10. The van der Waals surface area contributed by atoms with Gasteiger partial charge in [-0.2, -0.15) is 0 Å². The van der Waals surface area contributed by atoms with Gasteiger partial charge in [0.15, 0.2) is 0 Å². The molecule has 0 aromatic heterocycles. The molecule has 0 amide bonds. The maximum Gasteiger partial charge on any atom is 0.244 e. The number of sulfonamides is 1. The molecule has 0 saturated heterocycles. The molecular weight excluding hydrogens is 354 g/mol. The highest BCUT2D eigenvalue weighted by atomic mass is 79.9. The first-order chi connectivity index (χ1) is 9.94. The van der Waals surface area contributed by atoms with Crippen LogP contribution in [0.4, 0.5) is 0 Å². The minimum Gasteiger partial charge on any atom is -0.495 e. The summed E-state index contributed by atoms with van der Waals surface area (Å²) in [4.78, 5) is 0.113. The lowest BCUT2D eigenvalue weighted by molar-refractivity contribution is 0.402. The van der Waals surface area contributed by atoms with E-state index in [0.29, 0.717) is 10.2 Å². The van der Waals surface area contributed by atoms with Gasteiger partial charge in [0, 0.05) is 10.5 Å². The predicted molar refractivity (Wildman–Crippen MR) is 85.9 cm³/mol. The molecule has 0 fully saturated rings. The molecular formula is C15H16BrNO3S. The molecule has 112 valence electrons. The molecule has 2 aromatic rings. The van der Waals surface area contributed by atoms with Crippen LogP contribution < -0.4 is 9.46 Å². The molecule has 0 spiro atoms. The molecule has 2 aromatic carbocycles. The van der Waals surface area contributed by atoms with Gasteiger partial charge in [-0.1, -0.05) is 46.3 Å². The molecule has 1 N–H and O–H groups in total. The molecule has 0 aliphatic heterocycles. The summed E-state index contributed by atoms with van der Waals surface area (Å²) in [5.74, 6) is 0.311. The van der Waals surface area contributed by atoms with E-state index < -0.39 is 10.0 Å². The number of methoxy groups -OCH3 is 1. The van der Waals surface area contributed by atoms with Gasteiger partial charge in [-0.3, -0.25) is 0 Å². The molecule has 4 nitrogen and oxygen atoms in total. The van der Waals surface area contributed by atoms with E-state index in [1.807, 2.05) is 30.3 Å². The third kappa shape index (κ3) is 3.84. The lowest BCUT2D eigenvalue weighted by Crippen LogP contribution is -2.27. The summed E-state index contributed by atoms with van der Waals surface area (Å²) in [5, 5.41) is 0. The van der Waals surface area contributed by atoms with Gasteiger partial charge in [-0.15, -0.1) is 0 Å². The van der Waals surface area contributed by atoms with Crippen molar-refractivity contribution >= 4 is 26.0 Å². The van der Waals surface area contributed by atoms with Crippen LogP contribution in [0.1, 0.15) is 18.5 Å². The van der Waals surface area contributed by atoms with Crippen molar-refractivity contribution in [3.63, 3.8) is 0 Å². The van der Waals surface area contributed by atoms with Crippen LogP contribution in [-0.2, 0) is 10.0 Å². The number of ether oxygens (including phenoxy) is 1. The number of hydrogen-bond donors (Lipinski definition) is 1. The molecule has 1 atom stereocenters. The summed E-state index contributed by atoms with van der Waals surface area (Å²) < 4.78 is 33.5. The molecule has 0 aliphatic rings. The molecule has 2 rings (SSSR count). The van der Waals surface area contributed by atoms with Crippen LogP contribution in [0.2, 0.25) is 0 Å². The fourth-order valence-corrected chi connectivity index (χ4v) is 3.91. The molecule has 0 aliphatic carbocycles. The summed E-state index contributed by atoms with van der Waals surface area (Å²) in [5.41, 5.74) is 0.898. The van der Waals surface area contributed by atoms with Crippen LogP contribution in [0, 0.1) is 0 Å². The molecule has 21 heavy (non-hydrogen) atoms. The van der Waals surface area contributed by atoms with Gasteiger partial charge < -0.3 is 4.74 Å². The van der Waals surface area contributed by atoms with E-state index in [2.05, 4.69) is 20.7 Å². The fraction of sp³-hybridized carbons (Fsp3) is 0.200. The van der Waals surface area contributed by atoms with Gasteiger partial charge in [0.25, 0.3) is 0 Å². The maximum atomic E-state index is 12.5. The van der Waals surface area contributed by atoms with Crippen molar-refractivity contribution in [1.82, 2.24) is 4.72 Å². The van der Waals surface area contributed by atoms with Gasteiger partial charge in [0.2, 0.25) is 10.0 Å². The minimum absolute atomic E-state index is 0.113. The predicted octanol–water partition coefficient (Wildman–Crippen LogP) is 3.50. The molecule has 0 saturated carbocycles. The van der Waals surface area contributed by atoms with E-state index in [9.17, 15) is 8.42 Å². The van der Waals surface area contributed by atoms with Gasteiger partial charge in [0.05, 0.1) is 7.11 Å². The zero-order valence-electron chi connectivity index (χ0n) is 11.7. The Balaban J connectivity index is 2.33. The molecule has 0 bridgehead atoms. The Morgan fingerprint density at radius 3 is 2.43 bits per heavy atom. The summed E-state index contributed by atoms with van der Waals surface area (Å²) >= 11 is 3.28. The SMILES string of the molecule is COc1ccc(Br)cc1S(=O)(=O)N[C@@H](C)c1ccccc1. The van der Waals surface area contributed by atoms with Gasteiger partial charge in [-0.05, 0) is 30.7 Å². The summed E-state index contributed by atoms with van der Waals surface area (Å²) in [6, 6.07) is 13.9. The monoisotopic (exact) mass is 369 g/mol. The fourth-order valence-electron chi connectivity index (χ4n) is 1.97. The molecule has 0 unspecified atom stereocenters. The van der Waals surface area contributed by atoms with Crippen LogP contribution in [0.25, 0.3) is 0 Å². The van der Waals surface area contributed by atoms with E-state index >= 15 is 0 Å². The highest BCUT2D eigenvalue weighted by Gasteiger charge is 2.22. The van der Waals surface area contributed by atoms with Crippen molar-refractivity contribution in [2.24, 2.45) is 0 Å². The number of hydrogen-bond acceptors (Lipinski definition) is 3. The van der Waals surface area contributed by atoms with E-state index in [4.69, 9.17) is 4.74 Å². The number of rotatable bonds is 5. The van der Waals surface area contributed by atoms with Crippen LogP contribution in [0.3, 0.4) is 0 Å². The minimum atomic E-state index is -3.68. The standard InChI is InChI=1S/C15H16BrNO3S/c1-11(12-6-4-3-5-7-12)17-21(18,19)15-10-13(16)8-9-14(15)20-2/h3-11,17H,1-2H3/t11-/m0/s1. The van der Waals surface area contributed by atoms with Crippen molar-refractivity contribution in [2.45, 2.75) is 17.9 Å². The van der Waals surface area contributed by atoms with Crippen molar-refractivity contribution in [2.75, 3.05) is 7.11 Å². The highest BCUT2D eigenvalue weighted by Crippen LogP contribution is 2.28. The largest absolute Gasteiger partial charge is 0.495 e. The summed E-state index contributed by atoms with van der Waals surface area (Å²) in [6.07, 6.45) is 0. The number of nitrogens with one attached hydrogen (secondary N) is 1. The number of halogens is 1. The second kappa shape index (κ2) is 6.60. The first kappa shape index (κ1) is 16.0. The second-order valence-electron chi connectivity index (χ2n) is 4.55. The number of benzene rings is 2. The Bertz CT molecular complexity index is 717. The van der Waals surface area contributed by atoms with Crippen LogP contribution >= 0.6 is 15.9 Å². The van der Waals surface area contributed by atoms with Crippen LogP contribution in [0.5, 0.6) is 5.75 Å². The second-order valence-corrected chi connectivity index (χ2v) is 7.15. The average Bonchev–Trinajstić information content (AvgIpc) is 2.47. The smallest absolute Gasteiger partial charge is 0.244 e. The van der Waals surface area contributed by atoms with E-state index in [1.165, 1.54) is 13.2 Å². The normalized spacial score (nSPS) is 12.9. The van der Waals surface area contributed by atoms with E-state index in [0.717, 1.165) is 5.56 Å². The molecule has 6 heteroatoms. The third-order valence-electron chi connectivity index (χ3n) is 3.05. The van der Waals surface area contributed by atoms with Crippen molar-refractivity contribution in [3.8, 4) is 5.75 Å². The first-order valence-corrected chi connectivity index (χ1v) is 8.62. The van der Waals surface area contributed by atoms with Gasteiger partial charge in [0.1, 0.15) is 10.6 Å². The Labute approximate surface area is 133 Å². The van der Waals surface area contributed by atoms with Crippen molar-refractivity contribution < 1.29 is 13.2 Å². The average molecular weight is 370 g/mol. The topological polar surface area (TPSA) is 55.4 Å². The lowest BCUT2D eigenvalue weighted by atomic mass is 10.1. The first-order valence-electron chi connectivity index (χ1n) is 6.35. The summed E-state index contributed by atoms with van der Waals surface area (Å²) in [6.45, 7) is 1.80. The van der Waals surface area contributed by atoms with E-state index in [-0.39, 0.29) is 10.9 Å². The van der Waals surface area contributed by atoms with Gasteiger partial charge in [-0.25, -0.2) is 13.1 Å². The molecule has 0 heterocycles. The summed E-state index contributed by atoms with van der Waals surface area (Å²) in [7, 11) is -2.23. The lowest BCUT2D eigenvalue weighted by Gasteiger charge is -2.16. The zero-order chi connectivity index (χ0) is 15.5. The zero-order valence-corrected chi connectivity index (χ0v) is 14.1. The Morgan fingerprint density at radius 2 is 1.81 bits per heavy atom. The Kier molecular flexibility index (Phi) is 5.03. The van der Waals surface area contributed by atoms with Crippen LogP contribution in [0.15, 0.2) is 57.9 Å². The third-order valence-corrected chi connectivity index (χ3v) is 5.10. The van der Waals surface area contributed by atoms with Crippen LogP contribution in [-0.4, -0.2) is 15.5 Å². The van der Waals surface area contributed by atoms with Crippen molar-refractivity contribution in [1.29, 1.82) is 0 Å². The van der Waals surface area contributed by atoms with Crippen molar-refractivity contribution in [3.05, 3.63) is 58.6 Å².